The Kier molecular flexibility index (Phi) is 9.13. The average Bonchev–Trinajstić information content (AvgIpc) is 2.57. The van der Waals surface area contributed by atoms with Crippen LogP contribution in [0.25, 0.3) is 0 Å². The molecule has 1 unspecified atom stereocenters. The largest absolute Gasteiger partial charge is 1.00 e. The van der Waals surface area contributed by atoms with E-state index in [9.17, 15) is 4.79 Å². The maximum atomic E-state index is 12.0. The maximum Gasteiger partial charge on any atom is 0.392 e. The third-order valence-electron chi connectivity index (χ3n) is 4.32. The van der Waals surface area contributed by atoms with Crippen LogP contribution in [0.1, 0.15) is 33.3 Å². The van der Waals surface area contributed by atoms with E-state index in [-0.39, 0.29) is 12.4 Å². The maximum absolute atomic E-state index is 12.0. The van der Waals surface area contributed by atoms with Crippen molar-refractivity contribution in [3.63, 3.8) is 0 Å². The highest BCUT2D eigenvalue weighted by Gasteiger charge is 2.55. The smallest absolute Gasteiger partial charge is 0.392 e. The zero-order valence-corrected chi connectivity index (χ0v) is 15.3. The predicted octanol–water partition coefficient (Wildman–Crippen LogP) is 0.443. The molecule has 1 aromatic carbocycles. The summed E-state index contributed by atoms with van der Waals surface area (Å²) >= 11 is 0. The summed E-state index contributed by atoms with van der Waals surface area (Å²) in [6, 6.07) is 9.69. The molecule has 0 bridgehead atoms. The molecule has 0 N–H and O–H groups in total. The van der Waals surface area contributed by atoms with E-state index in [1.807, 2.05) is 37.3 Å². The lowest BCUT2D eigenvalue weighted by molar-refractivity contribution is -1.03. The molecule has 1 aromatic rings. The van der Waals surface area contributed by atoms with E-state index in [4.69, 9.17) is 9.47 Å². The fourth-order valence-electron chi connectivity index (χ4n) is 3.00. The highest BCUT2D eigenvalue weighted by molar-refractivity contribution is 5.81. The molecule has 130 valence electrons. The number of quaternary nitrogens is 1. The van der Waals surface area contributed by atoms with Gasteiger partial charge in [-0.3, -0.25) is 9.22 Å². The number of hydrogen-bond donors (Lipinski definition) is 0. The lowest BCUT2D eigenvalue weighted by Crippen LogP contribution is -3.00. The summed E-state index contributed by atoms with van der Waals surface area (Å²) in [5, 5.41) is 0. The summed E-state index contributed by atoms with van der Waals surface area (Å²) in [5.74, 6) is -1.63. The minimum absolute atomic E-state index is 0. The van der Waals surface area contributed by atoms with Gasteiger partial charge in [0.25, 0.3) is 0 Å². The van der Waals surface area contributed by atoms with Crippen LogP contribution >= 0.6 is 0 Å². The first-order valence-corrected chi connectivity index (χ1v) is 7.96. The molecule has 0 radical (unpaired) electrons. The molecule has 0 amide bonds. The van der Waals surface area contributed by atoms with Gasteiger partial charge in [-0.25, -0.2) is 4.79 Å². The van der Waals surface area contributed by atoms with Crippen molar-refractivity contribution in [2.24, 2.45) is 0 Å². The number of ether oxygens (including phenoxy) is 2. The second-order valence-electron chi connectivity index (χ2n) is 5.10. The summed E-state index contributed by atoms with van der Waals surface area (Å²) in [6.45, 7) is 14.5. The van der Waals surface area contributed by atoms with Gasteiger partial charge >= 0.3 is 11.9 Å². The number of carbonyl (C=O) groups excluding carboxylic acids is 1. The molecule has 0 heterocycles. The molecule has 0 fully saturated rings. The minimum Gasteiger partial charge on any atom is -1.00 e. The quantitative estimate of drug-likeness (QED) is 0.283. The van der Waals surface area contributed by atoms with Crippen LogP contribution in [0.15, 0.2) is 43.0 Å². The first kappa shape index (κ1) is 21.6. The highest BCUT2D eigenvalue weighted by atomic mass is 35.5. The number of esters is 1. The molecular formula is C18H28ClNO3. The standard InChI is InChI=1S/C18H28NO3.ClH/c1-6-17(20)22-18(21-10-5,16-14-12-11-13-15-16)19(7-2,8-3)9-4;/h6,11-15H,1,7-10H2,2-5H3;1H/q+1;/p-1. The number of halogens is 1. The first-order chi connectivity index (χ1) is 10.6. The van der Waals surface area contributed by atoms with Gasteiger partial charge in [-0.15, -0.1) is 0 Å². The SMILES string of the molecule is C=CC(=O)OC(OCC)(c1ccccc1)[N+](CC)(CC)CC.[Cl-]. The van der Waals surface area contributed by atoms with E-state index >= 15 is 0 Å². The van der Waals surface area contributed by atoms with Gasteiger partial charge in [-0.05, 0) is 39.8 Å². The third-order valence-corrected chi connectivity index (χ3v) is 4.32. The van der Waals surface area contributed by atoms with Gasteiger partial charge in [0.1, 0.15) is 0 Å². The Morgan fingerprint density at radius 3 is 2.04 bits per heavy atom. The van der Waals surface area contributed by atoms with Crippen LogP contribution < -0.4 is 12.4 Å². The monoisotopic (exact) mass is 341 g/mol. The van der Waals surface area contributed by atoms with Crippen LogP contribution in [-0.2, 0) is 20.2 Å². The summed E-state index contributed by atoms with van der Waals surface area (Å²) in [5.41, 5.74) is 0.845. The first-order valence-electron chi connectivity index (χ1n) is 7.96. The number of rotatable bonds is 9. The van der Waals surface area contributed by atoms with E-state index in [0.717, 1.165) is 25.2 Å². The molecule has 0 saturated carbocycles. The van der Waals surface area contributed by atoms with Crippen molar-refractivity contribution in [3.8, 4) is 0 Å². The van der Waals surface area contributed by atoms with E-state index in [1.54, 1.807) is 0 Å². The van der Waals surface area contributed by atoms with Crippen LogP contribution in [-0.4, -0.2) is 36.7 Å². The highest BCUT2D eigenvalue weighted by Crippen LogP contribution is 2.38. The summed E-state index contributed by atoms with van der Waals surface area (Å²) in [4.78, 5) is 12.0. The average molecular weight is 342 g/mol. The topological polar surface area (TPSA) is 35.5 Å². The number of benzene rings is 1. The van der Waals surface area contributed by atoms with E-state index < -0.39 is 11.9 Å². The van der Waals surface area contributed by atoms with Crippen LogP contribution in [0.5, 0.6) is 0 Å². The summed E-state index contributed by atoms with van der Waals surface area (Å²) in [7, 11) is 0. The molecule has 4 nitrogen and oxygen atoms in total. The van der Waals surface area contributed by atoms with Crippen molar-refractivity contribution in [2.75, 3.05) is 26.2 Å². The normalized spacial score (nSPS) is 13.6. The molecule has 0 saturated heterocycles. The van der Waals surface area contributed by atoms with Crippen molar-refractivity contribution in [1.82, 2.24) is 0 Å². The third kappa shape index (κ3) is 4.14. The molecular weight excluding hydrogens is 314 g/mol. The van der Waals surface area contributed by atoms with E-state index in [2.05, 4.69) is 27.4 Å². The second-order valence-corrected chi connectivity index (χ2v) is 5.10. The molecule has 23 heavy (non-hydrogen) atoms. The van der Waals surface area contributed by atoms with E-state index in [0.29, 0.717) is 11.1 Å². The molecule has 5 heteroatoms. The van der Waals surface area contributed by atoms with Gasteiger partial charge in [0, 0.05) is 6.08 Å². The summed E-state index contributed by atoms with van der Waals surface area (Å²) < 4.78 is 12.5. The Labute approximate surface area is 146 Å². The minimum atomic E-state index is -1.15. The van der Waals surface area contributed by atoms with Crippen molar-refractivity contribution in [3.05, 3.63) is 48.6 Å². The van der Waals surface area contributed by atoms with Crippen LogP contribution in [0.4, 0.5) is 0 Å². The second kappa shape index (κ2) is 9.71. The lowest BCUT2D eigenvalue weighted by Gasteiger charge is -2.49. The van der Waals surface area contributed by atoms with Crippen molar-refractivity contribution < 1.29 is 31.2 Å². The van der Waals surface area contributed by atoms with Gasteiger partial charge in [0.05, 0.1) is 31.8 Å². The number of nitrogens with zero attached hydrogens (tertiary/aromatic N) is 1. The molecule has 1 rings (SSSR count). The Morgan fingerprint density at radius 2 is 1.65 bits per heavy atom. The van der Waals surface area contributed by atoms with Crippen molar-refractivity contribution in [2.45, 2.75) is 33.6 Å². The number of hydrogen-bond acceptors (Lipinski definition) is 3. The predicted molar refractivity (Wildman–Crippen MR) is 87.9 cm³/mol. The van der Waals surface area contributed by atoms with Crippen LogP contribution in [0, 0.1) is 0 Å². The van der Waals surface area contributed by atoms with Gasteiger partial charge in [0.15, 0.2) is 0 Å². The Balaban J connectivity index is 0.00000484. The number of carbonyl (C=O) groups is 1. The molecule has 0 aliphatic heterocycles. The molecule has 1 atom stereocenters. The molecule has 0 spiro atoms. The fraction of sp³-hybridized carbons (Fsp3) is 0.500. The van der Waals surface area contributed by atoms with Gasteiger partial charge in [-0.2, -0.15) is 0 Å². The van der Waals surface area contributed by atoms with Crippen LogP contribution in [0.2, 0.25) is 0 Å². The van der Waals surface area contributed by atoms with Gasteiger partial charge < -0.3 is 17.1 Å². The zero-order chi connectivity index (χ0) is 16.6. The fourth-order valence-corrected chi connectivity index (χ4v) is 3.00. The molecule has 0 aliphatic rings. The molecule has 0 aliphatic carbocycles. The lowest BCUT2D eigenvalue weighted by atomic mass is 10.1. The van der Waals surface area contributed by atoms with Crippen molar-refractivity contribution >= 4 is 5.97 Å². The van der Waals surface area contributed by atoms with Crippen LogP contribution in [0.3, 0.4) is 0 Å². The van der Waals surface area contributed by atoms with Crippen molar-refractivity contribution in [1.29, 1.82) is 0 Å². The van der Waals surface area contributed by atoms with Gasteiger partial charge in [0.2, 0.25) is 0 Å². The van der Waals surface area contributed by atoms with Gasteiger partial charge in [-0.1, -0.05) is 24.8 Å². The molecule has 0 aromatic heterocycles. The van der Waals surface area contributed by atoms with E-state index in [1.165, 1.54) is 6.08 Å². The Hall–Kier alpha value is -1.36. The summed E-state index contributed by atoms with van der Waals surface area (Å²) in [6.07, 6.45) is 1.19. The Bertz CT molecular complexity index is 480. The zero-order valence-electron chi connectivity index (χ0n) is 14.5. The Morgan fingerprint density at radius 1 is 1.13 bits per heavy atom.